The van der Waals surface area contributed by atoms with E-state index in [1.54, 1.807) is 19.2 Å². The van der Waals surface area contributed by atoms with Gasteiger partial charge in [-0.2, -0.15) is 0 Å². The first-order valence-electron chi connectivity index (χ1n) is 8.71. The van der Waals surface area contributed by atoms with E-state index in [1.807, 2.05) is 45.0 Å². The normalized spacial score (nSPS) is 11.3. The number of carboxylic acid groups (broad SMARTS) is 1. The lowest BCUT2D eigenvalue weighted by Crippen LogP contribution is -2.45. The number of benzene rings is 1. The quantitative estimate of drug-likeness (QED) is 0.567. The first-order valence-corrected chi connectivity index (χ1v) is 8.71. The van der Waals surface area contributed by atoms with E-state index in [1.165, 1.54) is 4.90 Å². The van der Waals surface area contributed by atoms with Crippen LogP contribution in [0.15, 0.2) is 36.4 Å². The van der Waals surface area contributed by atoms with E-state index in [0.717, 1.165) is 5.56 Å². The van der Waals surface area contributed by atoms with Crippen LogP contribution >= 0.6 is 0 Å². The Morgan fingerprint density at radius 1 is 1.26 bits per heavy atom. The molecule has 1 aromatic carbocycles. The van der Waals surface area contributed by atoms with Gasteiger partial charge in [0.05, 0.1) is 31.7 Å². The predicted molar refractivity (Wildman–Crippen MR) is 105 cm³/mol. The first kappa shape index (κ1) is 20.5. The van der Waals surface area contributed by atoms with Crippen LogP contribution in [0.3, 0.4) is 0 Å². The van der Waals surface area contributed by atoms with Gasteiger partial charge in [-0.15, -0.1) is 0 Å². The summed E-state index contributed by atoms with van der Waals surface area (Å²) >= 11 is 0. The van der Waals surface area contributed by atoms with Crippen molar-refractivity contribution in [2.45, 2.75) is 39.3 Å². The molecule has 1 heterocycles. The van der Waals surface area contributed by atoms with Gasteiger partial charge in [-0.3, -0.25) is 4.90 Å². The summed E-state index contributed by atoms with van der Waals surface area (Å²) in [6, 6.07) is 10.9. The van der Waals surface area contributed by atoms with Gasteiger partial charge in [0, 0.05) is 5.54 Å². The molecule has 1 aromatic heterocycles. The number of carbonyl (C=O) groups is 1. The molecule has 0 fully saturated rings. The molecule has 0 saturated heterocycles. The zero-order chi connectivity index (χ0) is 20.0. The molecule has 0 radical (unpaired) electrons. The van der Waals surface area contributed by atoms with E-state index in [2.05, 4.69) is 4.98 Å². The molecule has 0 unspecified atom stereocenters. The van der Waals surface area contributed by atoms with Crippen LogP contribution < -0.4 is 15.4 Å². The molecule has 0 spiro atoms. The molecule has 2 aromatic rings. The molecule has 0 aliphatic carbocycles. The van der Waals surface area contributed by atoms with E-state index >= 15 is 0 Å². The second-order valence-electron chi connectivity index (χ2n) is 7.15. The largest absolute Gasteiger partial charge is 0.495 e. The minimum absolute atomic E-state index is 0.303. The van der Waals surface area contributed by atoms with Gasteiger partial charge in [0.1, 0.15) is 11.6 Å². The zero-order valence-electron chi connectivity index (χ0n) is 16.2. The predicted octanol–water partition coefficient (Wildman–Crippen LogP) is 3.71. The molecule has 0 saturated carbocycles. The molecule has 1 amide bonds. The summed E-state index contributed by atoms with van der Waals surface area (Å²) in [4.78, 5) is 17.3. The van der Waals surface area contributed by atoms with Crippen molar-refractivity contribution in [2.75, 3.05) is 24.4 Å². The lowest BCUT2D eigenvalue weighted by Gasteiger charge is -2.32. The third kappa shape index (κ3) is 5.59. The maximum absolute atomic E-state index is 11.6. The number of aromatic nitrogens is 1. The molecular formula is C20H27N3O4. The lowest BCUT2D eigenvalue weighted by atomic mass is 10.1. The van der Waals surface area contributed by atoms with Crippen molar-refractivity contribution < 1.29 is 19.4 Å². The second-order valence-corrected chi connectivity index (χ2v) is 7.15. The van der Waals surface area contributed by atoms with Crippen LogP contribution in [-0.2, 0) is 17.8 Å². The average Bonchev–Trinajstić information content (AvgIpc) is 2.58. The summed E-state index contributed by atoms with van der Waals surface area (Å²) in [5.41, 5.74) is 7.64. The SMILES string of the molecule is COc1ccc(CCOCc2cccc(N(C(=O)O)C(C)(C)C)n2)cc1N. The fourth-order valence-corrected chi connectivity index (χ4v) is 2.71. The van der Waals surface area contributed by atoms with Gasteiger partial charge in [0.15, 0.2) is 0 Å². The molecule has 3 N–H and O–H groups in total. The molecule has 7 nitrogen and oxygen atoms in total. The van der Waals surface area contributed by atoms with Crippen molar-refractivity contribution in [2.24, 2.45) is 0 Å². The summed E-state index contributed by atoms with van der Waals surface area (Å²) < 4.78 is 10.8. The molecule has 146 valence electrons. The van der Waals surface area contributed by atoms with Gasteiger partial charge in [-0.25, -0.2) is 9.78 Å². The van der Waals surface area contributed by atoms with E-state index in [0.29, 0.717) is 42.6 Å². The maximum Gasteiger partial charge on any atom is 0.413 e. The lowest BCUT2D eigenvalue weighted by molar-refractivity contribution is 0.121. The summed E-state index contributed by atoms with van der Waals surface area (Å²) in [6.45, 7) is 6.28. The van der Waals surface area contributed by atoms with E-state index in [-0.39, 0.29) is 0 Å². The average molecular weight is 373 g/mol. The van der Waals surface area contributed by atoms with Crippen molar-refractivity contribution in [1.82, 2.24) is 4.98 Å². The highest BCUT2D eigenvalue weighted by molar-refractivity contribution is 5.86. The minimum atomic E-state index is -1.04. The van der Waals surface area contributed by atoms with Crippen LogP contribution in [0.25, 0.3) is 0 Å². The Kier molecular flexibility index (Phi) is 6.63. The Morgan fingerprint density at radius 2 is 2.00 bits per heavy atom. The Hall–Kier alpha value is -2.80. The second kappa shape index (κ2) is 8.73. The Morgan fingerprint density at radius 3 is 2.59 bits per heavy atom. The maximum atomic E-state index is 11.6. The third-order valence-electron chi connectivity index (χ3n) is 3.96. The van der Waals surface area contributed by atoms with Crippen LogP contribution in [0.1, 0.15) is 32.0 Å². The van der Waals surface area contributed by atoms with Crippen LogP contribution in [0, 0.1) is 0 Å². The molecule has 27 heavy (non-hydrogen) atoms. The number of nitrogens with two attached hydrogens (primary N) is 1. The fourth-order valence-electron chi connectivity index (χ4n) is 2.71. The molecule has 7 heteroatoms. The fraction of sp³-hybridized carbons (Fsp3) is 0.400. The van der Waals surface area contributed by atoms with E-state index in [9.17, 15) is 9.90 Å². The van der Waals surface area contributed by atoms with Crippen molar-refractivity contribution in [3.05, 3.63) is 47.7 Å². The van der Waals surface area contributed by atoms with Crippen molar-refractivity contribution in [3.63, 3.8) is 0 Å². The zero-order valence-corrected chi connectivity index (χ0v) is 16.2. The van der Waals surface area contributed by atoms with Gasteiger partial charge in [-0.1, -0.05) is 12.1 Å². The van der Waals surface area contributed by atoms with Gasteiger partial charge in [0.2, 0.25) is 0 Å². The van der Waals surface area contributed by atoms with Crippen molar-refractivity contribution in [1.29, 1.82) is 0 Å². The molecular weight excluding hydrogens is 346 g/mol. The highest BCUT2D eigenvalue weighted by Gasteiger charge is 2.28. The number of rotatable bonds is 7. The Labute approximate surface area is 159 Å². The molecule has 0 atom stereocenters. The molecule has 0 bridgehead atoms. The highest BCUT2D eigenvalue weighted by Crippen LogP contribution is 2.23. The van der Waals surface area contributed by atoms with Crippen LogP contribution in [0.2, 0.25) is 0 Å². The number of pyridine rings is 1. The summed E-state index contributed by atoms with van der Waals surface area (Å²) in [7, 11) is 1.58. The standard InChI is InChI=1S/C20H27N3O4/c1-20(2,3)23(19(24)25)18-7-5-6-15(22-18)13-27-11-10-14-8-9-17(26-4)16(21)12-14/h5-9,12H,10-11,13,21H2,1-4H3,(H,24,25). The number of amides is 1. The van der Waals surface area contributed by atoms with Gasteiger partial charge in [0.25, 0.3) is 0 Å². The van der Waals surface area contributed by atoms with E-state index in [4.69, 9.17) is 15.2 Å². The Bertz CT molecular complexity index is 787. The minimum Gasteiger partial charge on any atom is -0.495 e. The number of hydrogen-bond donors (Lipinski definition) is 2. The number of anilines is 2. The molecule has 0 aliphatic rings. The number of nitrogen functional groups attached to an aromatic ring is 1. The van der Waals surface area contributed by atoms with Crippen LogP contribution in [-0.4, -0.2) is 35.4 Å². The van der Waals surface area contributed by atoms with Crippen LogP contribution in [0.4, 0.5) is 16.3 Å². The van der Waals surface area contributed by atoms with Gasteiger partial charge >= 0.3 is 6.09 Å². The number of ether oxygens (including phenoxy) is 2. The Balaban J connectivity index is 1.95. The summed E-state index contributed by atoms with van der Waals surface area (Å²) in [5.74, 6) is 1.04. The first-order chi connectivity index (χ1) is 12.7. The van der Waals surface area contributed by atoms with Crippen LogP contribution in [0.5, 0.6) is 5.75 Å². The monoisotopic (exact) mass is 373 g/mol. The molecule has 2 rings (SSSR count). The van der Waals surface area contributed by atoms with Gasteiger partial charge in [-0.05, 0) is 57.0 Å². The van der Waals surface area contributed by atoms with Crippen molar-refractivity contribution in [3.8, 4) is 5.75 Å². The smallest absolute Gasteiger partial charge is 0.413 e. The topological polar surface area (TPSA) is 97.9 Å². The number of hydrogen-bond acceptors (Lipinski definition) is 5. The highest BCUT2D eigenvalue weighted by atomic mass is 16.5. The van der Waals surface area contributed by atoms with Crippen molar-refractivity contribution >= 4 is 17.6 Å². The summed E-state index contributed by atoms with van der Waals surface area (Å²) in [5, 5.41) is 9.49. The third-order valence-corrected chi connectivity index (χ3v) is 3.96. The number of methoxy groups -OCH3 is 1. The van der Waals surface area contributed by atoms with E-state index < -0.39 is 11.6 Å². The number of nitrogens with zero attached hydrogens (tertiary/aromatic N) is 2. The molecule has 0 aliphatic heterocycles. The van der Waals surface area contributed by atoms with Gasteiger partial charge < -0.3 is 20.3 Å². The summed E-state index contributed by atoms with van der Waals surface area (Å²) in [6.07, 6.45) is -0.331.